The Kier molecular flexibility index (Phi) is 5.53. The van der Waals surface area contributed by atoms with Crippen LogP contribution in [0.3, 0.4) is 0 Å². The summed E-state index contributed by atoms with van der Waals surface area (Å²) in [6.07, 6.45) is 3.33. The first-order chi connectivity index (χ1) is 16.1. The van der Waals surface area contributed by atoms with Crippen molar-refractivity contribution in [2.24, 2.45) is 0 Å². The summed E-state index contributed by atoms with van der Waals surface area (Å²) < 4.78 is 11.1. The van der Waals surface area contributed by atoms with Gasteiger partial charge in [0.05, 0.1) is 34.9 Å². The Bertz CT molecular complexity index is 1530. The number of pyridine rings is 1. The zero-order valence-electron chi connectivity index (χ0n) is 17.6. The maximum atomic E-state index is 13.1. The van der Waals surface area contributed by atoms with Gasteiger partial charge >= 0.3 is 0 Å². The Morgan fingerprint density at radius 3 is 2.79 bits per heavy atom. The van der Waals surface area contributed by atoms with Crippen molar-refractivity contribution in [2.45, 2.75) is 0 Å². The lowest BCUT2D eigenvalue weighted by molar-refractivity contribution is 0.144. The number of anilines is 1. The second kappa shape index (κ2) is 8.64. The van der Waals surface area contributed by atoms with Gasteiger partial charge in [-0.2, -0.15) is 5.10 Å². The van der Waals surface area contributed by atoms with Gasteiger partial charge in [0.15, 0.2) is 0 Å². The van der Waals surface area contributed by atoms with Crippen molar-refractivity contribution >= 4 is 43.4 Å². The maximum absolute atomic E-state index is 13.1. The van der Waals surface area contributed by atoms with Crippen molar-refractivity contribution in [3.05, 3.63) is 63.6 Å². The van der Waals surface area contributed by atoms with Crippen molar-refractivity contribution in [1.29, 1.82) is 0 Å². The number of H-pyrrole nitrogens is 2. The first-order valence-electron chi connectivity index (χ1n) is 10.1. The Morgan fingerprint density at radius 1 is 1.12 bits per heavy atom. The van der Waals surface area contributed by atoms with Gasteiger partial charge in [0.25, 0.3) is 5.56 Å². The fourth-order valence-electron chi connectivity index (χ4n) is 3.70. The Morgan fingerprint density at radius 2 is 2.00 bits per heavy atom. The van der Waals surface area contributed by atoms with Gasteiger partial charge in [-0.15, -0.1) is 0 Å². The molecule has 2 aromatic carbocycles. The molecule has 4 N–H and O–H groups in total. The third-order valence-corrected chi connectivity index (χ3v) is 5.90. The molecule has 0 aliphatic rings. The molecule has 3 heterocycles. The average molecular weight is 507 g/mol. The van der Waals surface area contributed by atoms with Gasteiger partial charge < -0.3 is 20.2 Å². The number of nitrogen functional groups attached to an aromatic ring is 1. The van der Waals surface area contributed by atoms with Crippen LogP contribution in [0.2, 0.25) is 0 Å². The number of nitrogens with one attached hydrogen (secondary N) is 2. The summed E-state index contributed by atoms with van der Waals surface area (Å²) in [6, 6.07) is 11.2. The summed E-state index contributed by atoms with van der Waals surface area (Å²) in [7, 11) is 1.60. The number of methoxy groups -OCH3 is 1. The zero-order valence-corrected chi connectivity index (χ0v) is 19.1. The van der Waals surface area contributed by atoms with Gasteiger partial charge in [0, 0.05) is 40.4 Å². The number of hydrogen-bond donors (Lipinski definition) is 3. The fourth-order valence-corrected chi connectivity index (χ4v) is 4.22. The number of benzene rings is 2. The van der Waals surface area contributed by atoms with Gasteiger partial charge in [-0.25, -0.2) is 9.97 Å². The van der Waals surface area contributed by atoms with E-state index in [1.54, 1.807) is 31.6 Å². The lowest BCUT2D eigenvalue weighted by Gasteiger charge is -2.12. The monoisotopic (exact) mass is 506 g/mol. The number of aromatic nitrogens is 5. The molecule has 0 amide bonds. The smallest absolute Gasteiger partial charge is 0.261 e. The molecule has 0 spiro atoms. The van der Waals surface area contributed by atoms with Crippen LogP contribution in [0.25, 0.3) is 44.3 Å². The average Bonchev–Trinajstić information content (AvgIpc) is 3.31. The van der Waals surface area contributed by atoms with Gasteiger partial charge in [0.1, 0.15) is 12.4 Å². The van der Waals surface area contributed by atoms with E-state index in [4.69, 9.17) is 15.2 Å². The summed E-state index contributed by atoms with van der Waals surface area (Å²) in [5.74, 6) is 0.843. The van der Waals surface area contributed by atoms with Crippen LogP contribution >= 0.6 is 15.9 Å². The molecule has 0 unspecified atom stereocenters. The molecule has 0 aliphatic heterocycles. The highest BCUT2D eigenvalue weighted by Gasteiger charge is 2.18. The SMILES string of the molecule is COCCOc1ccc(-c2nc3c(Br)cc(-c4cccc5[nH]ncc45)c(N)c3c(=O)[nH]2)cn1. The van der Waals surface area contributed by atoms with Crippen molar-refractivity contribution in [3.8, 4) is 28.4 Å². The van der Waals surface area contributed by atoms with Crippen LogP contribution in [0.15, 0.2) is 58.1 Å². The topological polar surface area (TPSA) is 132 Å². The summed E-state index contributed by atoms with van der Waals surface area (Å²) in [4.78, 5) is 24.9. The van der Waals surface area contributed by atoms with Crippen molar-refractivity contribution in [3.63, 3.8) is 0 Å². The molecule has 0 saturated heterocycles. The lowest BCUT2D eigenvalue weighted by Crippen LogP contribution is -2.13. The molecular weight excluding hydrogens is 488 g/mol. The summed E-state index contributed by atoms with van der Waals surface area (Å²) in [5.41, 5.74) is 10.1. The highest BCUT2D eigenvalue weighted by atomic mass is 79.9. The summed E-state index contributed by atoms with van der Waals surface area (Å²) in [5, 5.41) is 8.29. The van der Waals surface area contributed by atoms with Gasteiger partial charge in [-0.3, -0.25) is 9.89 Å². The number of rotatable bonds is 6. The minimum atomic E-state index is -0.338. The largest absolute Gasteiger partial charge is 0.475 e. The van der Waals surface area contributed by atoms with E-state index < -0.39 is 0 Å². The minimum absolute atomic E-state index is 0.316. The van der Waals surface area contributed by atoms with Crippen LogP contribution < -0.4 is 16.0 Å². The molecule has 33 heavy (non-hydrogen) atoms. The minimum Gasteiger partial charge on any atom is -0.475 e. The highest BCUT2D eigenvalue weighted by molar-refractivity contribution is 9.10. The second-order valence-corrected chi connectivity index (χ2v) is 8.18. The van der Waals surface area contributed by atoms with Gasteiger partial charge in [-0.05, 0) is 39.7 Å². The number of halogens is 1. The number of nitrogens with zero attached hydrogens (tertiary/aromatic N) is 3. The summed E-state index contributed by atoms with van der Waals surface area (Å²) >= 11 is 3.58. The van der Waals surface area contributed by atoms with Crippen LogP contribution in [0, 0.1) is 0 Å². The molecule has 5 rings (SSSR count). The zero-order chi connectivity index (χ0) is 22.9. The fraction of sp³-hybridized carbons (Fsp3) is 0.130. The number of aromatic amines is 2. The first kappa shape index (κ1) is 21.1. The van der Waals surface area contributed by atoms with Crippen molar-refractivity contribution in [2.75, 3.05) is 26.1 Å². The Balaban J connectivity index is 1.59. The number of nitrogens with two attached hydrogens (primary N) is 1. The summed E-state index contributed by atoms with van der Waals surface area (Å²) in [6.45, 7) is 0.866. The third-order valence-electron chi connectivity index (χ3n) is 5.30. The van der Waals surface area contributed by atoms with Crippen LogP contribution in [0.4, 0.5) is 5.69 Å². The molecule has 10 heteroatoms. The molecule has 166 valence electrons. The number of ether oxygens (including phenoxy) is 2. The second-order valence-electron chi connectivity index (χ2n) is 7.32. The molecular formula is C23H19BrN6O3. The molecule has 3 aromatic heterocycles. The highest BCUT2D eigenvalue weighted by Crippen LogP contribution is 2.38. The van der Waals surface area contributed by atoms with E-state index in [9.17, 15) is 4.79 Å². The Labute approximate surface area is 196 Å². The predicted octanol–water partition coefficient (Wildman–Crippen LogP) is 3.90. The molecule has 9 nitrogen and oxygen atoms in total. The van der Waals surface area contributed by atoms with Gasteiger partial charge in [0.2, 0.25) is 5.88 Å². The van der Waals surface area contributed by atoms with E-state index in [0.29, 0.717) is 51.5 Å². The molecule has 0 radical (unpaired) electrons. The molecule has 0 saturated carbocycles. The van der Waals surface area contributed by atoms with E-state index >= 15 is 0 Å². The molecule has 5 aromatic rings. The van der Waals surface area contributed by atoms with Crippen molar-refractivity contribution in [1.82, 2.24) is 25.1 Å². The lowest BCUT2D eigenvalue weighted by atomic mass is 9.98. The quantitative estimate of drug-likeness (QED) is 0.235. The first-order valence-corrected chi connectivity index (χ1v) is 10.9. The normalized spacial score (nSPS) is 11.3. The molecule has 0 aliphatic carbocycles. The number of fused-ring (bicyclic) bond motifs is 2. The van der Waals surface area contributed by atoms with Crippen LogP contribution in [0.1, 0.15) is 0 Å². The van der Waals surface area contributed by atoms with E-state index in [1.165, 1.54) is 0 Å². The Hall–Kier alpha value is -3.76. The van der Waals surface area contributed by atoms with Crippen molar-refractivity contribution < 1.29 is 9.47 Å². The predicted molar refractivity (Wildman–Crippen MR) is 130 cm³/mol. The van der Waals surface area contributed by atoms with Crippen LogP contribution in [-0.2, 0) is 4.74 Å². The van der Waals surface area contributed by atoms with Crippen LogP contribution in [0.5, 0.6) is 5.88 Å². The number of hydrogen-bond acceptors (Lipinski definition) is 7. The van der Waals surface area contributed by atoms with E-state index in [-0.39, 0.29) is 5.56 Å². The molecule has 0 fully saturated rings. The third kappa shape index (κ3) is 3.83. The van der Waals surface area contributed by atoms with E-state index in [2.05, 4.69) is 41.1 Å². The van der Waals surface area contributed by atoms with Crippen LogP contribution in [-0.4, -0.2) is 45.5 Å². The molecule has 0 bridgehead atoms. The van der Waals surface area contributed by atoms with E-state index in [0.717, 1.165) is 22.0 Å². The van der Waals surface area contributed by atoms with E-state index in [1.807, 2.05) is 24.3 Å². The van der Waals surface area contributed by atoms with Gasteiger partial charge in [-0.1, -0.05) is 12.1 Å². The maximum Gasteiger partial charge on any atom is 0.261 e. The standard InChI is InChI=1S/C23H19BrN6O3/c1-32-7-8-33-18-6-5-12(10-26-18)22-28-21-16(24)9-14(20(25)19(21)23(31)29-22)13-3-2-4-17-15(13)11-27-30-17/h2-6,9-11H,7-8,25H2,1H3,(H,27,30)(H,28,29,31). The molecule has 0 atom stereocenters.